The van der Waals surface area contributed by atoms with Crippen LogP contribution in [0.1, 0.15) is 0 Å². The largest absolute Gasteiger partial charge is 0.295 e. The van der Waals surface area contributed by atoms with Crippen LogP contribution in [0, 0.1) is 0 Å². The van der Waals surface area contributed by atoms with Crippen LogP contribution >= 0.6 is 0 Å². The van der Waals surface area contributed by atoms with Crippen molar-refractivity contribution in [2.75, 3.05) is 5.75 Å². The predicted molar refractivity (Wildman–Crippen MR) is 27.5 cm³/mol. The second-order valence-corrected chi connectivity index (χ2v) is 2.76. The maximum absolute atomic E-state index is 9.92. The second-order valence-electron chi connectivity index (χ2n) is 1.31. The number of aldehydes is 1. The van der Waals surface area contributed by atoms with E-state index in [-0.39, 0.29) is 6.29 Å². The van der Waals surface area contributed by atoms with Crippen molar-refractivity contribution < 1.29 is 22.6 Å². The molecular weight excluding hydrogens is 148 g/mol. The molecule has 0 spiro atoms. The summed E-state index contributed by atoms with van der Waals surface area (Å²) < 4.78 is 27.5. The van der Waals surface area contributed by atoms with Gasteiger partial charge in [0.15, 0.2) is 6.29 Å². The lowest BCUT2D eigenvalue weighted by Crippen LogP contribution is -2.15. The number of hydrogen-bond acceptors (Lipinski definition) is 4. The summed E-state index contributed by atoms with van der Waals surface area (Å²) in [5, 5.41) is 0. The lowest BCUT2D eigenvalue weighted by molar-refractivity contribution is -0.128. The van der Waals surface area contributed by atoms with Crippen LogP contribution in [-0.2, 0) is 19.7 Å². The number of carbonyl (C=O) groups excluding carboxylic acids is 2. The summed E-state index contributed by atoms with van der Waals surface area (Å²) in [6.07, 6.45) is -0.159. The fourth-order valence-electron chi connectivity index (χ4n) is 0.214. The van der Waals surface area contributed by atoms with E-state index in [9.17, 15) is 18.0 Å². The Kier molecular flexibility index (Phi) is 2.47. The van der Waals surface area contributed by atoms with E-state index < -0.39 is 21.7 Å². The topological polar surface area (TPSA) is 88.5 Å². The van der Waals surface area contributed by atoms with Gasteiger partial charge in [-0.05, 0) is 0 Å². The fourth-order valence-corrected chi connectivity index (χ4v) is 0.641. The highest BCUT2D eigenvalue weighted by Crippen LogP contribution is 1.79. The summed E-state index contributed by atoms with van der Waals surface area (Å²) in [5.41, 5.74) is 0. The summed E-state index contributed by atoms with van der Waals surface area (Å²) in [6.45, 7) is 0. The molecule has 0 bridgehead atoms. The molecular formula is C3H4O5S. The molecule has 0 rings (SSSR count). The Bertz CT molecular complexity index is 212. The molecule has 52 valence electrons. The van der Waals surface area contributed by atoms with E-state index in [0.29, 0.717) is 0 Å². The third-order valence-electron chi connectivity index (χ3n) is 0.456. The molecule has 0 unspecified atom stereocenters. The maximum atomic E-state index is 9.92. The zero-order valence-electron chi connectivity index (χ0n) is 4.27. The Hall–Kier alpha value is -0.750. The summed E-state index contributed by atoms with van der Waals surface area (Å²) in [6, 6.07) is 0. The van der Waals surface area contributed by atoms with Crippen molar-refractivity contribution in [2.45, 2.75) is 0 Å². The summed E-state index contributed by atoms with van der Waals surface area (Å²) in [4.78, 5) is 19.4. The van der Waals surface area contributed by atoms with E-state index in [0.717, 1.165) is 0 Å². The first kappa shape index (κ1) is 8.25. The summed E-state index contributed by atoms with van der Waals surface area (Å²) >= 11 is 0. The van der Waals surface area contributed by atoms with Crippen molar-refractivity contribution in [1.29, 1.82) is 0 Å². The molecule has 0 aliphatic heterocycles. The smallest absolute Gasteiger partial charge is 0.272 e. The molecule has 0 saturated carbocycles. The molecule has 0 amide bonds. The van der Waals surface area contributed by atoms with Gasteiger partial charge in [0.1, 0.15) is 5.75 Å². The van der Waals surface area contributed by atoms with Gasteiger partial charge >= 0.3 is 0 Å². The monoisotopic (exact) mass is 152 g/mol. The van der Waals surface area contributed by atoms with Crippen molar-refractivity contribution in [3.63, 3.8) is 0 Å². The summed E-state index contributed by atoms with van der Waals surface area (Å²) in [7, 11) is -4.32. The van der Waals surface area contributed by atoms with Crippen LogP contribution in [0.25, 0.3) is 0 Å². The van der Waals surface area contributed by atoms with Crippen molar-refractivity contribution in [2.24, 2.45) is 0 Å². The number of ketones is 1. The van der Waals surface area contributed by atoms with Gasteiger partial charge in [0.2, 0.25) is 5.78 Å². The molecule has 0 aromatic rings. The van der Waals surface area contributed by atoms with Gasteiger partial charge in [-0.25, -0.2) is 0 Å². The van der Waals surface area contributed by atoms with Gasteiger partial charge in [-0.2, -0.15) is 8.42 Å². The lowest BCUT2D eigenvalue weighted by atomic mass is 10.5. The molecule has 0 aliphatic carbocycles. The van der Waals surface area contributed by atoms with Crippen LogP contribution in [0.3, 0.4) is 0 Å². The zero-order chi connectivity index (χ0) is 7.49. The van der Waals surface area contributed by atoms with Gasteiger partial charge in [-0.3, -0.25) is 14.1 Å². The van der Waals surface area contributed by atoms with Gasteiger partial charge in [0.25, 0.3) is 10.1 Å². The molecule has 0 aliphatic rings. The van der Waals surface area contributed by atoms with Gasteiger partial charge in [0, 0.05) is 0 Å². The zero-order valence-corrected chi connectivity index (χ0v) is 5.09. The molecule has 0 aromatic carbocycles. The van der Waals surface area contributed by atoms with Gasteiger partial charge in [0.05, 0.1) is 0 Å². The highest BCUT2D eigenvalue weighted by atomic mass is 32.2. The molecule has 6 heteroatoms. The average Bonchev–Trinajstić information content (AvgIpc) is 1.62. The first-order valence-corrected chi connectivity index (χ1v) is 3.50. The Morgan fingerprint density at radius 1 is 1.56 bits per heavy atom. The Balaban J connectivity index is 4.06. The van der Waals surface area contributed by atoms with Crippen molar-refractivity contribution >= 4 is 22.2 Å². The molecule has 0 heterocycles. The number of carbonyl (C=O) groups is 2. The van der Waals surface area contributed by atoms with Crippen molar-refractivity contribution in [3.05, 3.63) is 0 Å². The standard InChI is InChI=1S/C3H4O5S/c4-1-3(5)2-9(6,7)8/h1H,2H2,(H,6,7,8). The van der Waals surface area contributed by atoms with E-state index in [1.807, 2.05) is 0 Å². The van der Waals surface area contributed by atoms with Crippen LogP contribution in [0.2, 0.25) is 0 Å². The Morgan fingerprint density at radius 2 is 2.00 bits per heavy atom. The van der Waals surface area contributed by atoms with E-state index >= 15 is 0 Å². The SMILES string of the molecule is O=CC(=O)CS(=O)(=O)O. The molecule has 0 fully saturated rings. The number of Topliss-reactive ketones (excluding diaryl/α,β-unsaturated/α-hetero) is 1. The predicted octanol–water partition coefficient (Wildman–Crippen LogP) is -1.36. The summed E-state index contributed by atoms with van der Waals surface area (Å²) in [5.74, 6) is -2.28. The highest BCUT2D eigenvalue weighted by molar-refractivity contribution is 7.86. The van der Waals surface area contributed by atoms with Gasteiger partial charge in [-0.15, -0.1) is 0 Å². The van der Waals surface area contributed by atoms with E-state index in [2.05, 4.69) is 0 Å². The molecule has 5 nitrogen and oxygen atoms in total. The second kappa shape index (κ2) is 2.70. The quantitative estimate of drug-likeness (QED) is 0.306. The minimum Gasteiger partial charge on any atom is -0.295 e. The molecule has 0 atom stereocenters. The Labute approximate surface area is 51.4 Å². The van der Waals surface area contributed by atoms with Crippen LogP contribution in [0.15, 0.2) is 0 Å². The van der Waals surface area contributed by atoms with E-state index in [4.69, 9.17) is 4.55 Å². The molecule has 9 heavy (non-hydrogen) atoms. The molecule has 1 N–H and O–H groups in total. The number of rotatable bonds is 3. The number of hydrogen-bond donors (Lipinski definition) is 1. The first-order chi connectivity index (χ1) is 3.95. The first-order valence-electron chi connectivity index (χ1n) is 1.89. The minimum absolute atomic E-state index is 0.159. The minimum atomic E-state index is -4.32. The molecule has 0 aromatic heterocycles. The van der Waals surface area contributed by atoms with Crippen LogP contribution < -0.4 is 0 Å². The highest BCUT2D eigenvalue weighted by Gasteiger charge is 2.10. The van der Waals surface area contributed by atoms with Crippen molar-refractivity contribution in [3.8, 4) is 0 Å². The van der Waals surface area contributed by atoms with Crippen LogP contribution in [0.5, 0.6) is 0 Å². The lowest BCUT2D eigenvalue weighted by Gasteiger charge is -1.85. The van der Waals surface area contributed by atoms with Gasteiger partial charge < -0.3 is 0 Å². The van der Waals surface area contributed by atoms with Gasteiger partial charge in [-0.1, -0.05) is 0 Å². The molecule has 0 radical (unpaired) electrons. The van der Waals surface area contributed by atoms with E-state index in [1.165, 1.54) is 0 Å². The maximum Gasteiger partial charge on any atom is 0.272 e. The third kappa shape index (κ3) is 5.12. The fraction of sp³-hybridized carbons (Fsp3) is 0.333. The normalized spacial score (nSPS) is 10.8. The van der Waals surface area contributed by atoms with Crippen LogP contribution in [0.4, 0.5) is 0 Å². The Morgan fingerprint density at radius 3 is 2.11 bits per heavy atom. The molecule has 0 saturated heterocycles. The van der Waals surface area contributed by atoms with Crippen molar-refractivity contribution in [1.82, 2.24) is 0 Å². The third-order valence-corrected chi connectivity index (χ3v) is 1.11. The van der Waals surface area contributed by atoms with E-state index in [1.54, 1.807) is 0 Å². The average molecular weight is 152 g/mol. The van der Waals surface area contributed by atoms with Crippen LogP contribution in [-0.4, -0.2) is 30.8 Å².